The van der Waals surface area contributed by atoms with Gasteiger partial charge in [0.15, 0.2) is 0 Å². The van der Waals surface area contributed by atoms with Gasteiger partial charge in [0.2, 0.25) is 11.9 Å². The van der Waals surface area contributed by atoms with Crippen molar-refractivity contribution in [3.8, 4) is 11.5 Å². The third-order valence-electron chi connectivity index (χ3n) is 3.79. The molecule has 1 amide bonds. The molecule has 0 aliphatic carbocycles. The quantitative estimate of drug-likeness (QED) is 0.772. The number of nitrogen functional groups attached to an aromatic ring is 1. The number of carbonyl (C=O) groups excluding carboxylic acids is 1. The van der Waals surface area contributed by atoms with E-state index >= 15 is 0 Å². The van der Waals surface area contributed by atoms with Crippen molar-refractivity contribution in [2.75, 3.05) is 25.3 Å². The first-order valence-electron chi connectivity index (χ1n) is 6.95. The molecule has 2 aromatic rings. The molecule has 0 spiro atoms. The van der Waals surface area contributed by atoms with Crippen molar-refractivity contribution < 1.29 is 14.3 Å². The fourth-order valence-electron chi connectivity index (χ4n) is 2.76. The van der Waals surface area contributed by atoms with Crippen LogP contribution in [0.15, 0.2) is 23.0 Å². The van der Waals surface area contributed by atoms with E-state index in [9.17, 15) is 9.59 Å². The van der Waals surface area contributed by atoms with Crippen LogP contribution in [-0.4, -0.2) is 30.1 Å². The number of hydrogen-bond donors (Lipinski definition) is 3. The van der Waals surface area contributed by atoms with Crippen molar-refractivity contribution in [3.05, 3.63) is 39.7 Å². The number of methoxy groups -OCH3 is 2. The summed E-state index contributed by atoms with van der Waals surface area (Å²) in [5, 5.41) is 2.59. The van der Waals surface area contributed by atoms with Crippen LogP contribution in [0.1, 0.15) is 23.5 Å². The number of fused-ring (bicyclic) bond motifs is 1. The second kappa shape index (κ2) is 5.64. The molecule has 0 radical (unpaired) electrons. The van der Waals surface area contributed by atoms with E-state index in [-0.39, 0.29) is 29.7 Å². The molecule has 0 bridgehead atoms. The molecule has 3 rings (SSSR count). The summed E-state index contributed by atoms with van der Waals surface area (Å²) in [5.41, 5.74) is 6.24. The standard InChI is InChI=1S/C15H16N4O4/c1-22-7-3-4-8(10(5-7)23-2)9-6-11(20)17-13-12(9)14(21)19-15(16)18-13/h3-5,9H,6H2,1-2H3,(H4,16,17,18,19,20,21). The number of anilines is 2. The SMILES string of the molecule is COc1ccc(C2CC(=O)Nc3nc(N)[nH]c(=O)c32)c(OC)c1. The summed E-state index contributed by atoms with van der Waals surface area (Å²) in [6, 6.07) is 5.24. The molecule has 1 aromatic heterocycles. The maximum absolute atomic E-state index is 12.3. The Balaban J connectivity index is 2.19. The molecule has 23 heavy (non-hydrogen) atoms. The normalized spacial score (nSPS) is 16.4. The summed E-state index contributed by atoms with van der Waals surface area (Å²) in [5.74, 6) is 0.581. The van der Waals surface area contributed by atoms with E-state index in [0.29, 0.717) is 22.6 Å². The predicted octanol–water partition coefficient (Wildman–Crippen LogP) is 0.843. The Bertz CT molecular complexity index is 831. The lowest BCUT2D eigenvalue weighted by Crippen LogP contribution is -2.31. The minimum atomic E-state index is -0.476. The summed E-state index contributed by atoms with van der Waals surface area (Å²) in [6.45, 7) is 0. The molecule has 120 valence electrons. The second-order valence-electron chi connectivity index (χ2n) is 5.13. The number of carbonyl (C=O) groups is 1. The minimum Gasteiger partial charge on any atom is -0.497 e. The maximum atomic E-state index is 12.3. The van der Waals surface area contributed by atoms with Gasteiger partial charge in [-0.3, -0.25) is 14.6 Å². The fourth-order valence-corrected chi connectivity index (χ4v) is 2.76. The average Bonchev–Trinajstić information content (AvgIpc) is 2.52. The molecule has 0 fully saturated rings. The molecule has 0 saturated heterocycles. The number of aromatic nitrogens is 2. The van der Waals surface area contributed by atoms with E-state index in [4.69, 9.17) is 15.2 Å². The highest BCUT2D eigenvalue weighted by molar-refractivity contribution is 5.94. The zero-order valence-electron chi connectivity index (χ0n) is 12.7. The molecule has 1 aromatic carbocycles. The van der Waals surface area contributed by atoms with Crippen LogP contribution in [0.25, 0.3) is 0 Å². The van der Waals surface area contributed by atoms with Gasteiger partial charge in [-0.25, -0.2) is 0 Å². The highest BCUT2D eigenvalue weighted by Crippen LogP contribution is 2.39. The molecular formula is C15H16N4O4. The highest BCUT2D eigenvalue weighted by atomic mass is 16.5. The summed E-state index contributed by atoms with van der Waals surface area (Å²) in [7, 11) is 3.07. The first-order chi connectivity index (χ1) is 11.0. The Morgan fingerprint density at radius 3 is 2.74 bits per heavy atom. The highest BCUT2D eigenvalue weighted by Gasteiger charge is 2.32. The topological polar surface area (TPSA) is 119 Å². The van der Waals surface area contributed by atoms with Crippen molar-refractivity contribution in [1.29, 1.82) is 0 Å². The maximum Gasteiger partial charge on any atom is 0.258 e. The van der Waals surface area contributed by atoms with Gasteiger partial charge in [0.25, 0.3) is 5.56 Å². The van der Waals surface area contributed by atoms with E-state index in [1.165, 1.54) is 7.11 Å². The molecule has 1 aliphatic heterocycles. The van der Waals surface area contributed by atoms with E-state index in [1.54, 1.807) is 25.3 Å². The molecule has 4 N–H and O–H groups in total. The van der Waals surface area contributed by atoms with Crippen molar-refractivity contribution in [2.24, 2.45) is 0 Å². The molecule has 0 saturated carbocycles. The molecule has 8 nitrogen and oxygen atoms in total. The van der Waals surface area contributed by atoms with Crippen LogP contribution in [0.5, 0.6) is 11.5 Å². The van der Waals surface area contributed by atoms with Gasteiger partial charge >= 0.3 is 0 Å². The average molecular weight is 316 g/mol. The van der Waals surface area contributed by atoms with Crippen LogP contribution in [-0.2, 0) is 4.79 Å². The first kappa shape index (κ1) is 14.9. The Kier molecular flexibility index (Phi) is 3.65. The number of rotatable bonds is 3. The third-order valence-corrected chi connectivity index (χ3v) is 3.79. The van der Waals surface area contributed by atoms with Crippen LogP contribution >= 0.6 is 0 Å². The number of nitrogens with zero attached hydrogens (tertiary/aromatic N) is 1. The van der Waals surface area contributed by atoms with Gasteiger partial charge in [0.05, 0.1) is 19.8 Å². The van der Waals surface area contributed by atoms with E-state index < -0.39 is 5.92 Å². The number of H-pyrrole nitrogens is 1. The Hall–Kier alpha value is -3.03. The van der Waals surface area contributed by atoms with Crippen molar-refractivity contribution in [2.45, 2.75) is 12.3 Å². The summed E-state index contributed by atoms with van der Waals surface area (Å²) in [4.78, 5) is 30.8. The Morgan fingerprint density at radius 1 is 1.26 bits per heavy atom. The van der Waals surface area contributed by atoms with Crippen molar-refractivity contribution in [1.82, 2.24) is 9.97 Å². The minimum absolute atomic E-state index is 0.0450. The number of nitrogens with one attached hydrogen (secondary N) is 2. The van der Waals surface area contributed by atoms with E-state index in [2.05, 4.69) is 15.3 Å². The molecule has 1 unspecified atom stereocenters. The van der Waals surface area contributed by atoms with Crippen LogP contribution in [0.2, 0.25) is 0 Å². The van der Waals surface area contributed by atoms with Gasteiger partial charge in [-0.15, -0.1) is 0 Å². The monoisotopic (exact) mass is 316 g/mol. The van der Waals surface area contributed by atoms with Gasteiger partial charge < -0.3 is 20.5 Å². The van der Waals surface area contributed by atoms with Crippen LogP contribution < -0.4 is 26.1 Å². The third kappa shape index (κ3) is 2.59. The molecule has 1 aliphatic rings. The summed E-state index contributed by atoms with van der Waals surface area (Å²) < 4.78 is 10.6. The number of benzene rings is 1. The number of ether oxygens (including phenoxy) is 2. The largest absolute Gasteiger partial charge is 0.497 e. The molecular weight excluding hydrogens is 300 g/mol. The molecule has 8 heteroatoms. The fraction of sp³-hybridized carbons (Fsp3) is 0.267. The Morgan fingerprint density at radius 2 is 2.04 bits per heavy atom. The van der Waals surface area contributed by atoms with Gasteiger partial charge in [-0.1, -0.05) is 6.07 Å². The van der Waals surface area contributed by atoms with Gasteiger partial charge in [0.1, 0.15) is 17.3 Å². The zero-order chi connectivity index (χ0) is 16.6. The van der Waals surface area contributed by atoms with Gasteiger partial charge in [-0.2, -0.15) is 4.98 Å². The lowest BCUT2D eigenvalue weighted by atomic mass is 9.86. The lowest BCUT2D eigenvalue weighted by molar-refractivity contribution is -0.116. The Labute approximate surface area is 131 Å². The van der Waals surface area contributed by atoms with Crippen LogP contribution in [0.3, 0.4) is 0 Å². The van der Waals surface area contributed by atoms with Crippen LogP contribution in [0.4, 0.5) is 11.8 Å². The smallest absolute Gasteiger partial charge is 0.258 e. The number of hydrogen-bond acceptors (Lipinski definition) is 6. The molecule has 2 heterocycles. The summed E-state index contributed by atoms with van der Waals surface area (Å²) in [6.07, 6.45) is 0.115. The zero-order valence-corrected chi connectivity index (χ0v) is 12.7. The van der Waals surface area contributed by atoms with Gasteiger partial charge in [-0.05, 0) is 6.07 Å². The number of aromatic amines is 1. The van der Waals surface area contributed by atoms with Crippen molar-refractivity contribution >= 4 is 17.7 Å². The van der Waals surface area contributed by atoms with Gasteiger partial charge in [0, 0.05) is 24.0 Å². The second-order valence-corrected chi connectivity index (χ2v) is 5.13. The van der Waals surface area contributed by atoms with E-state index in [1.807, 2.05) is 0 Å². The number of nitrogens with two attached hydrogens (primary N) is 1. The summed E-state index contributed by atoms with van der Waals surface area (Å²) >= 11 is 0. The number of amides is 1. The van der Waals surface area contributed by atoms with E-state index in [0.717, 1.165) is 0 Å². The lowest BCUT2D eigenvalue weighted by Gasteiger charge is -2.25. The first-order valence-corrected chi connectivity index (χ1v) is 6.95. The van der Waals surface area contributed by atoms with Crippen molar-refractivity contribution in [3.63, 3.8) is 0 Å². The van der Waals surface area contributed by atoms with Crippen LogP contribution in [0, 0.1) is 0 Å². The molecule has 1 atom stereocenters. The predicted molar refractivity (Wildman–Crippen MR) is 83.9 cm³/mol.